The lowest BCUT2D eigenvalue weighted by atomic mass is 9.96. The van der Waals surface area contributed by atoms with Crippen LogP contribution in [0.3, 0.4) is 0 Å². The van der Waals surface area contributed by atoms with Crippen molar-refractivity contribution in [1.82, 2.24) is 5.32 Å². The first-order chi connectivity index (χ1) is 9.57. The summed E-state index contributed by atoms with van der Waals surface area (Å²) < 4.78 is 0. The van der Waals surface area contributed by atoms with Gasteiger partial charge in [-0.05, 0) is 6.42 Å². The zero-order valence-corrected chi connectivity index (χ0v) is 12.5. The third-order valence-corrected chi connectivity index (χ3v) is 4.21. The molecule has 0 aromatic carbocycles. The van der Waals surface area contributed by atoms with Gasteiger partial charge in [-0.15, -0.1) is 0 Å². The maximum Gasteiger partial charge on any atom is 0.110 e. The minimum atomic E-state index is -1.28. The molecule has 0 radical (unpaired) electrons. The van der Waals surface area contributed by atoms with Gasteiger partial charge in [0.05, 0.1) is 12.2 Å². The maximum absolute atomic E-state index is 9.99. The Kier molecular flexibility index (Phi) is 8.64. The predicted octanol–water partition coefficient (Wildman–Crippen LogP) is 0.542. The molecular formula is C15H31NO4. The quantitative estimate of drug-likeness (QED) is 0.421. The van der Waals surface area contributed by atoms with Gasteiger partial charge in [0.25, 0.3) is 0 Å². The molecule has 1 aliphatic rings. The van der Waals surface area contributed by atoms with E-state index in [-0.39, 0.29) is 12.6 Å². The van der Waals surface area contributed by atoms with Gasteiger partial charge in [0.15, 0.2) is 0 Å². The fraction of sp³-hybridized carbons (Fsp3) is 1.00. The van der Waals surface area contributed by atoms with Gasteiger partial charge < -0.3 is 25.7 Å². The van der Waals surface area contributed by atoms with Gasteiger partial charge in [-0.2, -0.15) is 0 Å². The number of nitrogens with one attached hydrogen (secondary N) is 1. The van der Waals surface area contributed by atoms with Crippen molar-refractivity contribution in [3.05, 3.63) is 0 Å². The van der Waals surface area contributed by atoms with Crippen LogP contribution in [0.1, 0.15) is 58.3 Å². The molecule has 0 aromatic rings. The summed E-state index contributed by atoms with van der Waals surface area (Å²) in [5, 5.41) is 42.0. The number of hydrogen-bond acceptors (Lipinski definition) is 5. The molecular weight excluding hydrogens is 258 g/mol. The molecule has 1 saturated heterocycles. The first-order valence-corrected chi connectivity index (χ1v) is 8.03. The van der Waals surface area contributed by atoms with Crippen LogP contribution in [0.15, 0.2) is 0 Å². The lowest BCUT2D eigenvalue weighted by molar-refractivity contribution is -0.0960. The van der Waals surface area contributed by atoms with Crippen LogP contribution in [0, 0.1) is 0 Å². The third kappa shape index (κ3) is 5.66. The van der Waals surface area contributed by atoms with Gasteiger partial charge in [0.1, 0.15) is 12.2 Å². The second-order valence-electron chi connectivity index (χ2n) is 5.96. The average Bonchev–Trinajstić information content (AvgIpc) is 2.53. The summed E-state index contributed by atoms with van der Waals surface area (Å²) in [7, 11) is 0. The molecule has 20 heavy (non-hydrogen) atoms. The first-order valence-electron chi connectivity index (χ1n) is 8.03. The highest BCUT2D eigenvalue weighted by Gasteiger charge is 2.37. The normalized spacial score (nSPS) is 35.0. The van der Waals surface area contributed by atoms with E-state index in [1.807, 2.05) is 0 Å². The lowest BCUT2D eigenvalue weighted by Crippen LogP contribution is -2.47. The summed E-state index contributed by atoms with van der Waals surface area (Å²) in [6.45, 7) is 2.41. The second-order valence-corrected chi connectivity index (χ2v) is 5.96. The van der Waals surface area contributed by atoms with Crippen LogP contribution in [0.25, 0.3) is 0 Å². The number of β-amino-alcohol motifs (C(OH)–C–C–N with tert-alkyl or cyclic N) is 1. The van der Waals surface area contributed by atoms with Crippen molar-refractivity contribution in [3.63, 3.8) is 0 Å². The lowest BCUT2D eigenvalue weighted by Gasteiger charge is -2.26. The molecule has 0 bridgehead atoms. The Morgan fingerprint density at radius 2 is 1.40 bits per heavy atom. The summed E-state index contributed by atoms with van der Waals surface area (Å²) in [6.07, 6.45) is 4.54. The molecule has 0 saturated carbocycles. The van der Waals surface area contributed by atoms with E-state index in [2.05, 4.69) is 12.2 Å². The van der Waals surface area contributed by atoms with Gasteiger partial charge >= 0.3 is 0 Å². The van der Waals surface area contributed by atoms with E-state index in [9.17, 15) is 20.4 Å². The van der Waals surface area contributed by atoms with Gasteiger partial charge in [0.2, 0.25) is 0 Å². The molecule has 1 aliphatic heterocycles. The monoisotopic (exact) mass is 289 g/mol. The maximum atomic E-state index is 9.99. The fourth-order valence-electron chi connectivity index (χ4n) is 2.78. The number of hydrogen-bond donors (Lipinski definition) is 5. The molecule has 5 heteroatoms. The predicted molar refractivity (Wildman–Crippen MR) is 78.4 cm³/mol. The molecule has 5 N–H and O–H groups in total. The first kappa shape index (κ1) is 17.9. The third-order valence-electron chi connectivity index (χ3n) is 4.21. The SMILES string of the molecule is CCCCCCCCC[C@H]1NC[C@@H](O)[C@@H](O)[C@H](O)[C@@H]1O. The van der Waals surface area contributed by atoms with Crippen LogP contribution < -0.4 is 5.32 Å². The van der Waals surface area contributed by atoms with Crippen molar-refractivity contribution < 1.29 is 20.4 Å². The second kappa shape index (κ2) is 9.68. The summed E-state index contributed by atoms with van der Waals surface area (Å²) in [4.78, 5) is 0. The molecule has 0 amide bonds. The number of unbranched alkanes of at least 4 members (excludes halogenated alkanes) is 6. The van der Waals surface area contributed by atoms with Crippen molar-refractivity contribution >= 4 is 0 Å². The minimum Gasteiger partial charge on any atom is -0.389 e. The Hall–Kier alpha value is -0.200. The van der Waals surface area contributed by atoms with Crippen molar-refractivity contribution in [2.24, 2.45) is 0 Å². The Balaban J connectivity index is 2.22. The van der Waals surface area contributed by atoms with Gasteiger partial charge in [-0.25, -0.2) is 0 Å². The molecule has 5 atom stereocenters. The molecule has 0 unspecified atom stereocenters. The van der Waals surface area contributed by atoms with Crippen molar-refractivity contribution in [1.29, 1.82) is 0 Å². The van der Waals surface area contributed by atoms with Crippen LogP contribution in [0.2, 0.25) is 0 Å². The largest absolute Gasteiger partial charge is 0.389 e. The van der Waals surface area contributed by atoms with Crippen LogP contribution in [0.4, 0.5) is 0 Å². The van der Waals surface area contributed by atoms with Crippen molar-refractivity contribution in [2.75, 3.05) is 6.54 Å². The molecule has 5 nitrogen and oxygen atoms in total. The standard InChI is InChI=1S/C15H31NO4/c1-2-3-4-5-6-7-8-9-11-13(18)15(20)14(19)12(17)10-16-11/h11-20H,2-10H2,1H3/t11-,12-,13-,14-,15-/m1/s1. The number of aliphatic hydroxyl groups is 4. The highest BCUT2D eigenvalue weighted by Crippen LogP contribution is 2.17. The summed E-state index contributed by atoms with van der Waals surface area (Å²) in [5.74, 6) is 0. The van der Waals surface area contributed by atoms with E-state index in [1.165, 1.54) is 32.1 Å². The Morgan fingerprint density at radius 3 is 2.05 bits per heavy atom. The molecule has 0 spiro atoms. The zero-order chi connectivity index (χ0) is 15.0. The van der Waals surface area contributed by atoms with E-state index in [1.54, 1.807) is 0 Å². The topological polar surface area (TPSA) is 93.0 Å². The van der Waals surface area contributed by atoms with Crippen LogP contribution in [-0.2, 0) is 0 Å². The Bertz CT molecular complexity index is 252. The van der Waals surface area contributed by atoms with Crippen LogP contribution in [0.5, 0.6) is 0 Å². The minimum absolute atomic E-state index is 0.205. The van der Waals surface area contributed by atoms with E-state index < -0.39 is 24.4 Å². The van der Waals surface area contributed by atoms with Crippen molar-refractivity contribution in [2.45, 2.75) is 88.7 Å². The van der Waals surface area contributed by atoms with E-state index in [4.69, 9.17) is 0 Å². The molecule has 0 aromatic heterocycles. The molecule has 1 rings (SSSR count). The fourth-order valence-corrected chi connectivity index (χ4v) is 2.78. The van der Waals surface area contributed by atoms with Gasteiger partial charge in [-0.3, -0.25) is 0 Å². The average molecular weight is 289 g/mol. The summed E-state index contributed by atoms with van der Waals surface area (Å²) in [6, 6.07) is -0.257. The number of aliphatic hydroxyl groups excluding tert-OH is 4. The van der Waals surface area contributed by atoms with Gasteiger partial charge in [-0.1, -0.05) is 51.9 Å². The summed E-state index contributed by atoms with van der Waals surface area (Å²) in [5.41, 5.74) is 0. The Labute approximate surface area is 122 Å². The highest BCUT2D eigenvalue weighted by molar-refractivity contribution is 4.93. The van der Waals surface area contributed by atoms with E-state index in [0.29, 0.717) is 0 Å². The molecule has 120 valence electrons. The van der Waals surface area contributed by atoms with E-state index in [0.717, 1.165) is 19.3 Å². The highest BCUT2D eigenvalue weighted by atomic mass is 16.4. The molecule has 1 heterocycles. The van der Waals surface area contributed by atoms with Crippen LogP contribution in [-0.4, -0.2) is 57.4 Å². The number of rotatable bonds is 8. The smallest absolute Gasteiger partial charge is 0.110 e. The van der Waals surface area contributed by atoms with Gasteiger partial charge in [0, 0.05) is 12.6 Å². The van der Waals surface area contributed by atoms with Crippen molar-refractivity contribution in [3.8, 4) is 0 Å². The molecule has 0 aliphatic carbocycles. The summed E-state index contributed by atoms with van der Waals surface area (Å²) >= 11 is 0. The van der Waals surface area contributed by atoms with Crippen LogP contribution >= 0.6 is 0 Å². The zero-order valence-electron chi connectivity index (χ0n) is 12.5. The van der Waals surface area contributed by atoms with E-state index >= 15 is 0 Å². The Morgan fingerprint density at radius 1 is 0.800 bits per heavy atom. The molecule has 1 fully saturated rings.